The lowest BCUT2D eigenvalue weighted by molar-refractivity contribution is 0.0130. The van der Waals surface area contributed by atoms with Crippen molar-refractivity contribution in [3.63, 3.8) is 0 Å². The molecule has 1 aromatic rings. The van der Waals surface area contributed by atoms with Crippen LogP contribution in [0.15, 0.2) is 12.1 Å². The van der Waals surface area contributed by atoms with Crippen LogP contribution in [0.2, 0.25) is 0 Å². The highest BCUT2D eigenvalue weighted by Crippen LogP contribution is 2.31. The van der Waals surface area contributed by atoms with Crippen molar-refractivity contribution in [1.29, 1.82) is 0 Å². The first-order chi connectivity index (χ1) is 8.72. The van der Waals surface area contributed by atoms with Gasteiger partial charge in [-0.05, 0) is 44.7 Å². The molecule has 1 aromatic heterocycles. The maximum atomic E-state index is 12.5. The molecule has 0 aromatic carbocycles. The normalized spacial score (nSPS) is 18.8. The fraction of sp³-hybridized carbons (Fsp3) is 0.667. The molecule has 0 spiro atoms. The van der Waals surface area contributed by atoms with Gasteiger partial charge in [-0.2, -0.15) is 0 Å². The van der Waals surface area contributed by atoms with Gasteiger partial charge in [0.15, 0.2) is 0 Å². The molecule has 1 unspecified atom stereocenters. The van der Waals surface area contributed by atoms with Gasteiger partial charge in [-0.3, -0.25) is 4.79 Å². The number of ketones is 1. The molecule has 1 aliphatic rings. The van der Waals surface area contributed by atoms with E-state index in [2.05, 4.69) is 0 Å². The number of rotatable bonds is 5. The number of thiophene rings is 1. The van der Waals surface area contributed by atoms with Gasteiger partial charge >= 0.3 is 0 Å². The molecule has 0 N–H and O–H groups in total. The van der Waals surface area contributed by atoms with Crippen LogP contribution in [0.3, 0.4) is 0 Å². The summed E-state index contributed by atoms with van der Waals surface area (Å²) in [7, 11) is 0. The zero-order chi connectivity index (χ0) is 13.0. The zero-order valence-electron chi connectivity index (χ0n) is 11.3. The first-order valence-corrected chi connectivity index (χ1v) is 7.76. The van der Waals surface area contributed by atoms with Gasteiger partial charge in [0.25, 0.3) is 0 Å². The summed E-state index contributed by atoms with van der Waals surface area (Å²) in [6.45, 7) is 4.64. The molecule has 1 heterocycles. The van der Waals surface area contributed by atoms with Gasteiger partial charge in [-0.1, -0.05) is 19.3 Å². The molecule has 1 atom stereocenters. The molecule has 0 radical (unpaired) electrons. The van der Waals surface area contributed by atoms with E-state index >= 15 is 0 Å². The van der Waals surface area contributed by atoms with E-state index in [4.69, 9.17) is 4.74 Å². The SMILES string of the molecule is CCOC(C(=O)c1ccc(C)s1)C1CCCCC1. The summed E-state index contributed by atoms with van der Waals surface area (Å²) in [5, 5.41) is 0. The predicted octanol–water partition coefficient (Wildman–Crippen LogP) is 4.22. The van der Waals surface area contributed by atoms with E-state index in [1.807, 2.05) is 26.0 Å². The monoisotopic (exact) mass is 266 g/mol. The van der Waals surface area contributed by atoms with Crippen LogP contribution in [0.5, 0.6) is 0 Å². The topological polar surface area (TPSA) is 26.3 Å². The molecule has 0 bridgehead atoms. The smallest absolute Gasteiger partial charge is 0.201 e. The van der Waals surface area contributed by atoms with E-state index < -0.39 is 0 Å². The van der Waals surface area contributed by atoms with Crippen LogP contribution in [0.1, 0.15) is 53.6 Å². The lowest BCUT2D eigenvalue weighted by atomic mass is 9.83. The molecule has 100 valence electrons. The number of ether oxygens (including phenoxy) is 1. The fourth-order valence-corrected chi connectivity index (χ4v) is 3.59. The van der Waals surface area contributed by atoms with Crippen molar-refractivity contribution in [2.45, 2.75) is 52.1 Å². The maximum Gasteiger partial charge on any atom is 0.201 e. The van der Waals surface area contributed by atoms with E-state index in [9.17, 15) is 4.79 Å². The van der Waals surface area contributed by atoms with Crippen molar-refractivity contribution >= 4 is 17.1 Å². The van der Waals surface area contributed by atoms with Crippen molar-refractivity contribution in [3.8, 4) is 0 Å². The van der Waals surface area contributed by atoms with Crippen LogP contribution in [0.25, 0.3) is 0 Å². The third-order valence-electron chi connectivity index (χ3n) is 3.67. The Bertz CT molecular complexity index is 391. The van der Waals surface area contributed by atoms with Crippen molar-refractivity contribution in [2.24, 2.45) is 5.92 Å². The Morgan fingerprint density at radius 3 is 2.67 bits per heavy atom. The molecule has 1 saturated carbocycles. The van der Waals surface area contributed by atoms with Gasteiger partial charge in [-0.25, -0.2) is 0 Å². The molecule has 1 fully saturated rings. The van der Waals surface area contributed by atoms with E-state index in [-0.39, 0.29) is 11.9 Å². The average molecular weight is 266 g/mol. The molecule has 2 rings (SSSR count). The first-order valence-electron chi connectivity index (χ1n) is 6.94. The molecule has 3 heteroatoms. The Hall–Kier alpha value is -0.670. The molecular formula is C15H22O2S. The summed E-state index contributed by atoms with van der Waals surface area (Å²) >= 11 is 1.58. The number of carbonyl (C=O) groups is 1. The molecule has 1 aliphatic carbocycles. The Morgan fingerprint density at radius 1 is 1.39 bits per heavy atom. The highest BCUT2D eigenvalue weighted by atomic mass is 32.1. The summed E-state index contributed by atoms with van der Waals surface area (Å²) in [5.74, 6) is 0.621. The lowest BCUT2D eigenvalue weighted by Crippen LogP contribution is -2.33. The highest BCUT2D eigenvalue weighted by Gasteiger charge is 2.31. The van der Waals surface area contributed by atoms with Gasteiger partial charge in [-0.15, -0.1) is 11.3 Å². The second-order valence-electron chi connectivity index (χ2n) is 5.05. The van der Waals surface area contributed by atoms with Crippen LogP contribution < -0.4 is 0 Å². The van der Waals surface area contributed by atoms with Crippen molar-refractivity contribution < 1.29 is 9.53 Å². The largest absolute Gasteiger partial charge is 0.370 e. The van der Waals surface area contributed by atoms with E-state index in [0.717, 1.165) is 17.7 Å². The summed E-state index contributed by atoms with van der Waals surface area (Å²) < 4.78 is 5.76. The molecule has 0 saturated heterocycles. The number of carbonyl (C=O) groups excluding carboxylic acids is 1. The van der Waals surface area contributed by atoms with E-state index in [1.54, 1.807) is 11.3 Å². The minimum atomic E-state index is -0.214. The van der Waals surface area contributed by atoms with Gasteiger partial charge in [0.05, 0.1) is 4.88 Å². The zero-order valence-corrected chi connectivity index (χ0v) is 12.1. The predicted molar refractivity (Wildman–Crippen MR) is 75.4 cm³/mol. The van der Waals surface area contributed by atoms with Crippen LogP contribution >= 0.6 is 11.3 Å². The minimum absolute atomic E-state index is 0.196. The van der Waals surface area contributed by atoms with Gasteiger partial charge in [0.2, 0.25) is 5.78 Å². The summed E-state index contributed by atoms with van der Waals surface area (Å²) in [4.78, 5) is 14.6. The molecule has 0 amide bonds. The Morgan fingerprint density at radius 2 is 2.11 bits per heavy atom. The highest BCUT2D eigenvalue weighted by molar-refractivity contribution is 7.14. The quantitative estimate of drug-likeness (QED) is 0.746. The molecule has 0 aliphatic heterocycles. The van der Waals surface area contributed by atoms with Crippen LogP contribution in [-0.2, 0) is 4.74 Å². The van der Waals surface area contributed by atoms with Gasteiger partial charge in [0.1, 0.15) is 6.10 Å². The van der Waals surface area contributed by atoms with E-state index in [0.29, 0.717) is 12.5 Å². The molecule has 18 heavy (non-hydrogen) atoms. The number of Topliss-reactive ketones (excluding diaryl/α,β-unsaturated/α-hetero) is 1. The second-order valence-corrected chi connectivity index (χ2v) is 6.34. The molecule has 2 nitrogen and oxygen atoms in total. The van der Waals surface area contributed by atoms with Crippen molar-refractivity contribution in [3.05, 3.63) is 21.9 Å². The van der Waals surface area contributed by atoms with E-state index in [1.165, 1.54) is 24.1 Å². The van der Waals surface area contributed by atoms with Gasteiger partial charge < -0.3 is 4.74 Å². The standard InChI is InChI=1S/C15H22O2S/c1-3-17-15(12-7-5-4-6-8-12)14(16)13-10-9-11(2)18-13/h9-10,12,15H,3-8H2,1-2H3. The number of hydrogen-bond acceptors (Lipinski definition) is 3. The average Bonchev–Trinajstić information content (AvgIpc) is 2.83. The van der Waals surface area contributed by atoms with Crippen LogP contribution in [0, 0.1) is 12.8 Å². The van der Waals surface area contributed by atoms with Gasteiger partial charge in [0, 0.05) is 11.5 Å². The maximum absolute atomic E-state index is 12.5. The van der Waals surface area contributed by atoms with Crippen LogP contribution in [0.4, 0.5) is 0 Å². The van der Waals surface area contributed by atoms with Crippen molar-refractivity contribution in [1.82, 2.24) is 0 Å². The Balaban J connectivity index is 2.10. The summed E-state index contributed by atoms with van der Waals surface area (Å²) in [5.41, 5.74) is 0. The molecular weight excluding hydrogens is 244 g/mol. The van der Waals surface area contributed by atoms with Crippen molar-refractivity contribution in [2.75, 3.05) is 6.61 Å². The second kappa shape index (κ2) is 6.48. The number of aryl methyl sites for hydroxylation is 1. The summed E-state index contributed by atoms with van der Waals surface area (Å²) in [6.07, 6.45) is 5.85. The Labute approximate surface area is 113 Å². The minimum Gasteiger partial charge on any atom is -0.370 e. The third-order valence-corrected chi connectivity index (χ3v) is 4.68. The fourth-order valence-electron chi connectivity index (χ4n) is 2.75. The third kappa shape index (κ3) is 3.21. The summed E-state index contributed by atoms with van der Waals surface area (Å²) in [6, 6.07) is 3.96. The van der Waals surface area contributed by atoms with Crippen LogP contribution in [-0.4, -0.2) is 18.5 Å². The Kier molecular flexibility index (Phi) is 4.95. The number of hydrogen-bond donors (Lipinski definition) is 0. The lowest BCUT2D eigenvalue weighted by Gasteiger charge is -2.28. The first kappa shape index (κ1) is 13.8.